The molecular weight excluding hydrogens is 335 g/mol. The maximum atomic E-state index is 11.8. The quantitative estimate of drug-likeness (QED) is 0.383. The van der Waals surface area contributed by atoms with Crippen LogP contribution in [0.3, 0.4) is 0 Å². The van der Waals surface area contributed by atoms with Gasteiger partial charge < -0.3 is 24.7 Å². The van der Waals surface area contributed by atoms with Gasteiger partial charge in [-0.25, -0.2) is 9.36 Å². The van der Waals surface area contributed by atoms with E-state index in [-0.39, 0.29) is 5.56 Å². The molecule has 0 bridgehead atoms. The Kier molecular flexibility index (Phi) is 4.92. The van der Waals surface area contributed by atoms with Gasteiger partial charge in [-0.1, -0.05) is 0 Å². The number of hydrogen-bond donors (Lipinski definition) is 5. The van der Waals surface area contributed by atoms with Crippen LogP contribution < -0.4 is 11.2 Å². The van der Waals surface area contributed by atoms with E-state index in [1.165, 1.54) is 13.8 Å². The predicted molar refractivity (Wildman–Crippen MR) is 74.6 cm³/mol. The van der Waals surface area contributed by atoms with Gasteiger partial charge in [-0.15, -0.1) is 0 Å². The van der Waals surface area contributed by atoms with Crippen LogP contribution in [0.5, 0.6) is 0 Å². The summed E-state index contributed by atoms with van der Waals surface area (Å²) in [5.41, 5.74) is -1.28. The second-order valence-corrected chi connectivity index (χ2v) is 6.44. The second-order valence-electron chi connectivity index (χ2n) is 5.25. The fourth-order valence-corrected chi connectivity index (χ4v) is 2.91. The van der Waals surface area contributed by atoms with Crippen molar-refractivity contribution in [1.29, 1.82) is 0 Å². The lowest BCUT2D eigenvalue weighted by Crippen LogP contribution is -2.39. The van der Waals surface area contributed by atoms with Gasteiger partial charge in [0.25, 0.3) is 5.56 Å². The van der Waals surface area contributed by atoms with Gasteiger partial charge in [-0.2, -0.15) is 0 Å². The zero-order valence-corrected chi connectivity index (χ0v) is 13.1. The average molecular weight is 352 g/mol. The first-order chi connectivity index (χ1) is 10.5. The Hall–Kier alpha value is -1.33. The first-order valence-corrected chi connectivity index (χ1v) is 8.12. The SMILES string of the molecule is Cc1cn([C@@H]2O[C@H](C(C)OP(=O)(O)O)[C@@H](O)[C@H]2O)c(=O)[nH]c1=O. The van der Waals surface area contributed by atoms with Crippen molar-refractivity contribution in [2.24, 2.45) is 0 Å². The summed E-state index contributed by atoms with van der Waals surface area (Å²) in [7, 11) is -4.82. The van der Waals surface area contributed by atoms with Crippen molar-refractivity contribution >= 4 is 7.82 Å². The Bertz CT molecular complexity index is 738. The summed E-state index contributed by atoms with van der Waals surface area (Å²) in [6.07, 6.45) is -5.86. The van der Waals surface area contributed by atoms with Crippen LogP contribution in [0.15, 0.2) is 15.8 Å². The first-order valence-electron chi connectivity index (χ1n) is 6.59. The summed E-state index contributed by atoms with van der Waals surface area (Å²) in [6, 6.07) is 0. The van der Waals surface area contributed by atoms with Crippen LogP contribution in [0.1, 0.15) is 18.7 Å². The highest BCUT2D eigenvalue weighted by Crippen LogP contribution is 2.41. The van der Waals surface area contributed by atoms with Gasteiger partial charge in [0.05, 0.1) is 6.10 Å². The minimum Gasteiger partial charge on any atom is -0.387 e. The van der Waals surface area contributed by atoms with Gasteiger partial charge in [0.2, 0.25) is 0 Å². The lowest BCUT2D eigenvalue weighted by Gasteiger charge is -2.22. The van der Waals surface area contributed by atoms with E-state index in [1.807, 2.05) is 4.98 Å². The number of phosphoric acid groups is 1. The Morgan fingerprint density at radius 1 is 1.35 bits per heavy atom. The molecule has 1 saturated heterocycles. The van der Waals surface area contributed by atoms with Crippen LogP contribution >= 0.6 is 7.82 Å². The number of phosphoric ester groups is 1. The molecule has 11 nitrogen and oxygen atoms in total. The number of aliphatic hydroxyl groups excluding tert-OH is 2. The van der Waals surface area contributed by atoms with Gasteiger partial charge in [0.1, 0.15) is 18.3 Å². The molecule has 1 fully saturated rings. The Balaban J connectivity index is 2.30. The molecule has 0 aromatic carbocycles. The fourth-order valence-electron chi connectivity index (χ4n) is 2.36. The van der Waals surface area contributed by atoms with Crippen LogP contribution in [-0.4, -0.2) is 54.0 Å². The van der Waals surface area contributed by atoms with E-state index >= 15 is 0 Å². The molecule has 1 aromatic heterocycles. The number of aromatic nitrogens is 2. The third-order valence-electron chi connectivity index (χ3n) is 3.46. The third-order valence-corrected chi connectivity index (χ3v) is 4.07. The Labute approximate surface area is 129 Å². The highest BCUT2D eigenvalue weighted by molar-refractivity contribution is 7.46. The van der Waals surface area contributed by atoms with Crippen LogP contribution in [0.4, 0.5) is 0 Å². The summed E-state index contributed by atoms with van der Waals surface area (Å²) in [5.74, 6) is 0. The molecule has 0 radical (unpaired) electrons. The van der Waals surface area contributed by atoms with Crippen molar-refractivity contribution in [1.82, 2.24) is 9.55 Å². The number of ether oxygens (including phenoxy) is 1. The number of aromatic amines is 1. The second kappa shape index (κ2) is 6.29. The molecule has 5 atom stereocenters. The molecule has 5 N–H and O–H groups in total. The molecule has 2 heterocycles. The lowest BCUT2D eigenvalue weighted by atomic mass is 10.1. The number of nitrogens with one attached hydrogen (secondary N) is 1. The minimum absolute atomic E-state index is 0.179. The van der Waals surface area contributed by atoms with E-state index in [1.54, 1.807) is 0 Å². The van der Waals surface area contributed by atoms with Crippen molar-refractivity contribution in [3.8, 4) is 0 Å². The van der Waals surface area contributed by atoms with Gasteiger partial charge in [-0.3, -0.25) is 18.9 Å². The molecule has 130 valence electrons. The maximum Gasteiger partial charge on any atom is 0.469 e. The molecule has 0 saturated carbocycles. The van der Waals surface area contributed by atoms with Crippen molar-refractivity contribution in [2.75, 3.05) is 0 Å². The standard InChI is InChI=1S/C11H17N2O9P/c1-4-3-13(11(17)12-9(4)16)10-7(15)6(14)8(21-10)5(2)22-23(18,19)20/h3,5-8,10,14-15H,1-2H3,(H,12,16,17)(H2,18,19,20)/t5?,6-,7+,8+,10+/m0/s1. The number of H-pyrrole nitrogens is 1. The number of aryl methyl sites for hydroxylation is 1. The molecule has 12 heteroatoms. The Morgan fingerprint density at radius 3 is 2.52 bits per heavy atom. The summed E-state index contributed by atoms with van der Waals surface area (Å²) in [6.45, 7) is 2.67. The molecule has 1 aliphatic rings. The maximum absolute atomic E-state index is 11.8. The van der Waals surface area contributed by atoms with E-state index in [4.69, 9.17) is 14.5 Å². The molecule has 1 unspecified atom stereocenters. The normalized spacial score (nSPS) is 29.7. The van der Waals surface area contributed by atoms with E-state index < -0.39 is 49.7 Å². The van der Waals surface area contributed by atoms with Crippen molar-refractivity contribution in [2.45, 2.75) is 44.5 Å². The molecular formula is C11H17N2O9P. The monoisotopic (exact) mass is 352 g/mol. The van der Waals surface area contributed by atoms with E-state index in [2.05, 4.69) is 4.52 Å². The minimum atomic E-state index is -4.82. The fraction of sp³-hybridized carbons (Fsp3) is 0.636. The van der Waals surface area contributed by atoms with Crippen LogP contribution in [0.25, 0.3) is 0 Å². The molecule has 23 heavy (non-hydrogen) atoms. The summed E-state index contributed by atoms with van der Waals surface area (Å²) >= 11 is 0. The van der Waals surface area contributed by atoms with Crippen LogP contribution in [-0.2, 0) is 13.8 Å². The van der Waals surface area contributed by atoms with Crippen LogP contribution in [0, 0.1) is 6.92 Å². The molecule has 1 aliphatic heterocycles. The lowest BCUT2D eigenvalue weighted by molar-refractivity contribution is -0.0784. The molecule has 0 spiro atoms. The van der Waals surface area contributed by atoms with Crippen molar-refractivity contribution in [3.05, 3.63) is 32.6 Å². The zero-order valence-electron chi connectivity index (χ0n) is 12.2. The number of rotatable bonds is 4. The summed E-state index contributed by atoms with van der Waals surface area (Å²) in [5, 5.41) is 20.0. The predicted octanol–water partition coefficient (Wildman–Crippen LogP) is -2.04. The molecule has 1 aromatic rings. The first kappa shape index (κ1) is 18.0. The Morgan fingerprint density at radius 2 is 1.96 bits per heavy atom. The largest absolute Gasteiger partial charge is 0.469 e. The molecule has 2 rings (SSSR count). The van der Waals surface area contributed by atoms with Crippen LogP contribution in [0.2, 0.25) is 0 Å². The van der Waals surface area contributed by atoms with E-state index in [0.717, 1.165) is 10.8 Å². The molecule has 0 aliphatic carbocycles. The highest BCUT2D eigenvalue weighted by atomic mass is 31.2. The number of aliphatic hydroxyl groups is 2. The van der Waals surface area contributed by atoms with E-state index in [0.29, 0.717) is 0 Å². The van der Waals surface area contributed by atoms with Gasteiger partial charge in [0.15, 0.2) is 6.23 Å². The van der Waals surface area contributed by atoms with Gasteiger partial charge in [-0.05, 0) is 13.8 Å². The van der Waals surface area contributed by atoms with E-state index in [9.17, 15) is 24.4 Å². The zero-order chi connectivity index (χ0) is 17.5. The summed E-state index contributed by atoms with van der Waals surface area (Å²) in [4.78, 5) is 42.8. The van der Waals surface area contributed by atoms with Gasteiger partial charge in [0, 0.05) is 11.8 Å². The highest BCUT2D eigenvalue weighted by Gasteiger charge is 2.47. The third kappa shape index (κ3) is 3.78. The van der Waals surface area contributed by atoms with Gasteiger partial charge >= 0.3 is 13.5 Å². The number of hydrogen-bond acceptors (Lipinski definition) is 7. The van der Waals surface area contributed by atoms with Crippen molar-refractivity contribution in [3.63, 3.8) is 0 Å². The number of nitrogens with zero attached hydrogens (tertiary/aromatic N) is 1. The summed E-state index contributed by atoms with van der Waals surface area (Å²) < 4.78 is 21.5. The molecule has 0 amide bonds. The smallest absolute Gasteiger partial charge is 0.387 e. The average Bonchev–Trinajstić information content (AvgIpc) is 2.69. The topological polar surface area (TPSA) is 171 Å². The van der Waals surface area contributed by atoms with Crippen molar-refractivity contribution < 1.29 is 33.8 Å².